The monoisotopic (exact) mass is 300 g/mol. The Bertz CT molecular complexity index is 578. The molecule has 5 rings (SSSR count). The molecule has 3 fully saturated rings. The van der Waals surface area contributed by atoms with Crippen molar-refractivity contribution >= 4 is 0 Å². The van der Waals surface area contributed by atoms with E-state index in [0.29, 0.717) is 17.3 Å². The van der Waals surface area contributed by atoms with Crippen LogP contribution in [0.15, 0.2) is 23.8 Å². The summed E-state index contributed by atoms with van der Waals surface area (Å²) in [5.41, 5.74) is 1.30. The van der Waals surface area contributed by atoms with E-state index in [9.17, 15) is 10.2 Å². The van der Waals surface area contributed by atoms with E-state index >= 15 is 0 Å². The molecule has 7 atom stereocenters. The minimum atomic E-state index is -0.576. The Morgan fingerprint density at radius 3 is 2.91 bits per heavy atom. The molecule has 2 nitrogen and oxygen atoms in total. The van der Waals surface area contributed by atoms with Crippen molar-refractivity contribution in [1.29, 1.82) is 0 Å². The Morgan fingerprint density at radius 1 is 1.18 bits per heavy atom. The summed E-state index contributed by atoms with van der Waals surface area (Å²) >= 11 is 0. The summed E-state index contributed by atoms with van der Waals surface area (Å²) in [6.07, 6.45) is 15.5. The first-order chi connectivity index (χ1) is 10.5. The van der Waals surface area contributed by atoms with E-state index in [1.54, 1.807) is 0 Å². The van der Waals surface area contributed by atoms with Crippen LogP contribution in [0.2, 0.25) is 0 Å². The second kappa shape index (κ2) is 4.08. The van der Waals surface area contributed by atoms with E-state index in [4.69, 9.17) is 0 Å². The van der Waals surface area contributed by atoms with Crippen LogP contribution >= 0.6 is 0 Å². The van der Waals surface area contributed by atoms with Crippen LogP contribution in [0.5, 0.6) is 0 Å². The molecule has 0 heterocycles. The van der Waals surface area contributed by atoms with Gasteiger partial charge in [-0.15, -0.1) is 0 Å². The highest BCUT2D eigenvalue weighted by Gasteiger charge is 2.68. The number of aliphatic hydroxyl groups excluding tert-OH is 1. The summed E-state index contributed by atoms with van der Waals surface area (Å²) < 4.78 is 0. The topological polar surface area (TPSA) is 40.5 Å². The Kier molecular flexibility index (Phi) is 2.56. The second-order valence-electron chi connectivity index (χ2n) is 9.15. The predicted octanol–water partition coefficient (Wildman–Crippen LogP) is 3.59. The molecular weight excluding hydrogens is 272 g/mol. The van der Waals surface area contributed by atoms with E-state index < -0.39 is 5.60 Å². The highest BCUT2D eigenvalue weighted by atomic mass is 16.3. The van der Waals surface area contributed by atoms with Crippen LogP contribution in [0.25, 0.3) is 0 Å². The van der Waals surface area contributed by atoms with Crippen molar-refractivity contribution in [3.63, 3.8) is 0 Å². The first kappa shape index (κ1) is 13.8. The van der Waals surface area contributed by atoms with Crippen LogP contribution in [0.4, 0.5) is 0 Å². The predicted molar refractivity (Wildman–Crippen MR) is 86.1 cm³/mol. The van der Waals surface area contributed by atoms with Gasteiger partial charge in [0, 0.05) is 5.92 Å². The van der Waals surface area contributed by atoms with E-state index in [1.165, 1.54) is 18.4 Å². The first-order valence-corrected chi connectivity index (χ1v) is 9.27. The zero-order valence-electron chi connectivity index (χ0n) is 13.6. The molecule has 22 heavy (non-hydrogen) atoms. The SMILES string of the molecule is CC12C=CCC1[C@@]1(O)CCC3CCC(O)CC34CC4C1=CC2. The van der Waals surface area contributed by atoms with Crippen LogP contribution in [-0.2, 0) is 0 Å². The molecular formula is C20H28O2. The van der Waals surface area contributed by atoms with Gasteiger partial charge in [0.2, 0.25) is 0 Å². The third-order valence-corrected chi connectivity index (χ3v) is 8.15. The zero-order valence-corrected chi connectivity index (χ0v) is 13.6. The second-order valence-corrected chi connectivity index (χ2v) is 9.15. The molecule has 0 aromatic carbocycles. The Hall–Kier alpha value is -0.600. The van der Waals surface area contributed by atoms with Gasteiger partial charge in [-0.25, -0.2) is 0 Å². The minimum Gasteiger partial charge on any atom is -0.393 e. The van der Waals surface area contributed by atoms with Gasteiger partial charge in [0.1, 0.15) is 0 Å². The van der Waals surface area contributed by atoms with Gasteiger partial charge < -0.3 is 10.2 Å². The molecule has 3 saturated carbocycles. The molecule has 5 aliphatic carbocycles. The molecule has 1 spiro atoms. The quantitative estimate of drug-likeness (QED) is 0.671. The average Bonchev–Trinajstić information content (AvgIpc) is 3.00. The average molecular weight is 300 g/mol. The van der Waals surface area contributed by atoms with Crippen molar-refractivity contribution in [3.8, 4) is 0 Å². The van der Waals surface area contributed by atoms with Gasteiger partial charge in [0.15, 0.2) is 0 Å². The number of rotatable bonds is 0. The molecule has 0 amide bonds. The summed E-state index contributed by atoms with van der Waals surface area (Å²) in [5, 5.41) is 21.9. The summed E-state index contributed by atoms with van der Waals surface area (Å²) in [5.74, 6) is 1.67. The number of allylic oxidation sites excluding steroid dienone is 3. The van der Waals surface area contributed by atoms with Crippen LogP contribution in [0.3, 0.4) is 0 Å². The van der Waals surface area contributed by atoms with Gasteiger partial charge in [-0.05, 0) is 79.6 Å². The van der Waals surface area contributed by atoms with Gasteiger partial charge in [0.05, 0.1) is 11.7 Å². The Morgan fingerprint density at radius 2 is 2.05 bits per heavy atom. The molecule has 0 bridgehead atoms. The normalized spacial score (nSPS) is 58.8. The standard InChI is InChI=1S/C20H28O2/c1-18-8-2-3-17(18)20(22)10-6-13-4-5-14(21)11-19(13)12-16(19)15(20)7-9-18/h2,7-8,13-14,16-17,21-22H,3-6,9-12H2,1H3/t13?,14?,16?,17?,18?,19?,20-/m1/s1. The van der Waals surface area contributed by atoms with Gasteiger partial charge in [-0.1, -0.05) is 25.2 Å². The lowest BCUT2D eigenvalue weighted by Crippen LogP contribution is -2.48. The maximum Gasteiger partial charge on any atom is 0.0899 e. The summed E-state index contributed by atoms with van der Waals surface area (Å²) in [6, 6.07) is 0. The maximum atomic E-state index is 11.7. The fourth-order valence-corrected chi connectivity index (χ4v) is 6.91. The van der Waals surface area contributed by atoms with Gasteiger partial charge in [0.25, 0.3) is 0 Å². The first-order valence-electron chi connectivity index (χ1n) is 9.27. The van der Waals surface area contributed by atoms with Crippen molar-refractivity contribution in [2.45, 2.75) is 70.0 Å². The molecule has 0 saturated heterocycles. The van der Waals surface area contributed by atoms with Gasteiger partial charge in [-0.2, -0.15) is 0 Å². The van der Waals surface area contributed by atoms with Crippen LogP contribution in [0, 0.1) is 28.6 Å². The van der Waals surface area contributed by atoms with E-state index in [1.807, 2.05) is 0 Å². The zero-order chi connectivity index (χ0) is 15.2. The number of aliphatic hydroxyl groups is 2. The fraction of sp³-hybridized carbons (Fsp3) is 0.800. The van der Waals surface area contributed by atoms with Gasteiger partial charge >= 0.3 is 0 Å². The van der Waals surface area contributed by atoms with Crippen molar-refractivity contribution < 1.29 is 10.2 Å². The molecule has 120 valence electrons. The molecule has 0 aromatic rings. The highest BCUT2D eigenvalue weighted by molar-refractivity contribution is 5.39. The summed E-state index contributed by atoms with van der Waals surface area (Å²) in [4.78, 5) is 0. The lowest BCUT2D eigenvalue weighted by atomic mass is 9.60. The Balaban J connectivity index is 1.56. The van der Waals surface area contributed by atoms with E-state index in [0.717, 1.165) is 44.4 Å². The van der Waals surface area contributed by atoms with E-state index in [-0.39, 0.29) is 11.5 Å². The van der Waals surface area contributed by atoms with Crippen LogP contribution in [-0.4, -0.2) is 21.9 Å². The van der Waals surface area contributed by atoms with E-state index in [2.05, 4.69) is 25.2 Å². The Labute approximate surface area is 133 Å². The third kappa shape index (κ3) is 1.54. The number of fused-ring (bicyclic) bond motifs is 4. The van der Waals surface area contributed by atoms with Crippen LogP contribution in [0.1, 0.15) is 58.3 Å². The van der Waals surface area contributed by atoms with Crippen molar-refractivity contribution in [2.24, 2.45) is 28.6 Å². The third-order valence-electron chi connectivity index (χ3n) is 8.15. The van der Waals surface area contributed by atoms with Crippen molar-refractivity contribution in [2.75, 3.05) is 0 Å². The molecule has 2 N–H and O–H groups in total. The molecule has 0 radical (unpaired) electrons. The van der Waals surface area contributed by atoms with Gasteiger partial charge in [-0.3, -0.25) is 0 Å². The number of hydrogen-bond donors (Lipinski definition) is 2. The minimum absolute atomic E-state index is 0.102. The van der Waals surface area contributed by atoms with Crippen molar-refractivity contribution in [3.05, 3.63) is 23.8 Å². The lowest BCUT2D eigenvalue weighted by molar-refractivity contribution is -0.0411. The summed E-state index contributed by atoms with van der Waals surface area (Å²) in [6.45, 7) is 2.33. The molecule has 5 aliphatic rings. The maximum absolute atomic E-state index is 11.7. The lowest BCUT2D eigenvalue weighted by Gasteiger charge is -2.48. The van der Waals surface area contributed by atoms with Crippen LogP contribution < -0.4 is 0 Å². The smallest absolute Gasteiger partial charge is 0.0899 e. The van der Waals surface area contributed by atoms with Crippen molar-refractivity contribution in [1.82, 2.24) is 0 Å². The molecule has 6 unspecified atom stereocenters. The molecule has 0 aromatic heterocycles. The fourth-order valence-electron chi connectivity index (χ4n) is 6.91. The molecule has 2 heteroatoms. The summed E-state index contributed by atoms with van der Waals surface area (Å²) in [7, 11) is 0. The molecule has 0 aliphatic heterocycles. The highest BCUT2D eigenvalue weighted by Crippen LogP contribution is 2.73. The number of hydrogen-bond acceptors (Lipinski definition) is 2. The largest absolute Gasteiger partial charge is 0.393 e.